The first-order valence-corrected chi connectivity index (χ1v) is 8.57. The first-order chi connectivity index (χ1) is 10.5. The average Bonchev–Trinajstić information content (AvgIpc) is 2.91. The number of ether oxygens (including phenoxy) is 1. The summed E-state index contributed by atoms with van der Waals surface area (Å²) in [6, 6.07) is 0. The van der Waals surface area contributed by atoms with Gasteiger partial charge in [-0.1, -0.05) is 19.8 Å². The fourth-order valence-corrected chi connectivity index (χ4v) is 4.36. The fourth-order valence-electron chi connectivity index (χ4n) is 4.36. The molecule has 5 heteroatoms. The molecule has 2 rings (SSSR count). The predicted molar refractivity (Wildman–Crippen MR) is 83.5 cm³/mol. The van der Waals surface area contributed by atoms with Crippen LogP contribution >= 0.6 is 0 Å². The molecule has 22 heavy (non-hydrogen) atoms. The average molecular weight is 311 g/mol. The second-order valence-corrected chi connectivity index (χ2v) is 6.90. The summed E-state index contributed by atoms with van der Waals surface area (Å²) in [5, 5.41) is 9.23. The summed E-state index contributed by atoms with van der Waals surface area (Å²) in [7, 11) is 1.69. The lowest BCUT2D eigenvalue weighted by Crippen LogP contribution is -2.52. The van der Waals surface area contributed by atoms with Gasteiger partial charge in [0.1, 0.15) is 0 Å². The van der Waals surface area contributed by atoms with Crippen molar-refractivity contribution in [1.82, 2.24) is 4.90 Å². The first-order valence-electron chi connectivity index (χ1n) is 8.57. The van der Waals surface area contributed by atoms with Crippen molar-refractivity contribution < 1.29 is 19.4 Å². The number of hydrogen-bond acceptors (Lipinski definition) is 3. The molecule has 126 valence electrons. The molecule has 1 saturated carbocycles. The standard InChI is InChI=1S/C17H29NO4/c1-3-8-17(12-22-2)9-5-10-18(17)15(19)13-6-4-7-14(11-13)16(20)21/h13-14H,3-12H2,1-2H3,(H,20,21). The number of amides is 1. The molecular weight excluding hydrogens is 282 g/mol. The monoisotopic (exact) mass is 311 g/mol. The molecule has 1 N–H and O–H groups in total. The Morgan fingerprint density at radius 2 is 2.00 bits per heavy atom. The van der Waals surface area contributed by atoms with Crippen LogP contribution in [0.15, 0.2) is 0 Å². The Hall–Kier alpha value is -1.10. The van der Waals surface area contributed by atoms with Gasteiger partial charge in [-0.25, -0.2) is 0 Å². The third-order valence-corrected chi connectivity index (χ3v) is 5.36. The lowest BCUT2D eigenvalue weighted by Gasteiger charge is -2.41. The summed E-state index contributed by atoms with van der Waals surface area (Å²) in [4.78, 5) is 26.3. The highest BCUT2D eigenvalue weighted by Crippen LogP contribution is 2.38. The van der Waals surface area contributed by atoms with Gasteiger partial charge in [0.15, 0.2) is 0 Å². The molecule has 2 aliphatic rings. The highest BCUT2D eigenvalue weighted by molar-refractivity contribution is 5.81. The van der Waals surface area contributed by atoms with Gasteiger partial charge in [0.2, 0.25) is 5.91 Å². The number of nitrogens with zero attached hydrogens (tertiary/aromatic N) is 1. The minimum atomic E-state index is -0.754. The van der Waals surface area contributed by atoms with Crippen LogP contribution in [0.3, 0.4) is 0 Å². The first kappa shape index (κ1) is 17.3. The number of carboxylic acids is 1. The molecule has 0 spiro atoms. The third kappa shape index (κ3) is 3.45. The van der Waals surface area contributed by atoms with Crippen LogP contribution in [-0.4, -0.2) is 47.7 Å². The largest absolute Gasteiger partial charge is 0.481 e. The van der Waals surface area contributed by atoms with Crippen molar-refractivity contribution in [2.45, 2.75) is 63.8 Å². The van der Waals surface area contributed by atoms with E-state index in [0.29, 0.717) is 19.4 Å². The van der Waals surface area contributed by atoms with Gasteiger partial charge >= 0.3 is 5.97 Å². The van der Waals surface area contributed by atoms with E-state index in [1.165, 1.54) is 0 Å². The van der Waals surface area contributed by atoms with E-state index in [1.807, 2.05) is 4.90 Å². The van der Waals surface area contributed by atoms with Crippen LogP contribution in [0, 0.1) is 11.8 Å². The van der Waals surface area contributed by atoms with Crippen molar-refractivity contribution >= 4 is 11.9 Å². The molecule has 0 radical (unpaired) electrons. The highest BCUT2D eigenvalue weighted by atomic mass is 16.5. The van der Waals surface area contributed by atoms with Gasteiger partial charge in [-0.15, -0.1) is 0 Å². The molecule has 3 unspecified atom stereocenters. The van der Waals surface area contributed by atoms with Crippen LogP contribution in [0.5, 0.6) is 0 Å². The molecule has 2 fully saturated rings. The molecule has 1 heterocycles. The van der Waals surface area contributed by atoms with E-state index >= 15 is 0 Å². The van der Waals surface area contributed by atoms with E-state index < -0.39 is 5.97 Å². The minimum absolute atomic E-state index is 0.124. The van der Waals surface area contributed by atoms with Gasteiger partial charge in [-0.05, 0) is 38.5 Å². The normalized spacial score (nSPS) is 32.2. The maximum Gasteiger partial charge on any atom is 0.306 e. The maximum absolute atomic E-state index is 13.0. The van der Waals surface area contributed by atoms with Crippen molar-refractivity contribution in [2.75, 3.05) is 20.3 Å². The zero-order valence-corrected chi connectivity index (χ0v) is 13.8. The summed E-state index contributed by atoms with van der Waals surface area (Å²) in [5.74, 6) is -1.07. The van der Waals surface area contributed by atoms with Crippen LogP contribution < -0.4 is 0 Å². The van der Waals surface area contributed by atoms with Gasteiger partial charge in [-0.2, -0.15) is 0 Å². The summed E-state index contributed by atoms with van der Waals surface area (Å²) < 4.78 is 5.42. The van der Waals surface area contributed by atoms with Crippen molar-refractivity contribution in [2.24, 2.45) is 11.8 Å². The number of likely N-dealkylation sites (tertiary alicyclic amines) is 1. The summed E-state index contributed by atoms with van der Waals surface area (Å²) in [6.45, 7) is 3.51. The van der Waals surface area contributed by atoms with E-state index in [2.05, 4.69) is 6.92 Å². The molecule has 1 aliphatic heterocycles. The van der Waals surface area contributed by atoms with Gasteiger partial charge in [-0.3, -0.25) is 9.59 Å². The van der Waals surface area contributed by atoms with Gasteiger partial charge in [0, 0.05) is 19.6 Å². The SMILES string of the molecule is CCCC1(COC)CCCN1C(=O)C1CCCC(C(=O)O)C1. The third-order valence-electron chi connectivity index (χ3n) is 5.36. The smallest absolute Gasteiger partial charge is 0.306 e. The Labute approximate surface area is 133 Å². The van der Waals surface area contributed by atoms with Crippen LogP contribution in [-0.2, 0) is 14.3 Å². The maximum atomic E-state index is 13.0. The van der Waals surface area contributed by atoms with E-state index in [-0.39, 0.29) is 23.3 Å². The quantitative estimate of drug-likeness (QED) is 0.819. The zero-order chi connectivity index (χ0) is 16.2. The second kappa shape index (κ2) is 7.44. The number of carboxylic acid groups (broad SMARTS) is 1. The molecular formula is C17H29NO4. The second-order valence-electron chi connectivity index (χ2n) is 6.90. The molecule has 1 saturated heterocycles. The van der Waals surface area contributed by atoms with Crippen molar-refractivity contribution in [3.05, 3.63) is 0 Å². The van der Waals surface area contributed by atoms with Crippen molar-refractivity contribution in [1.29, 1.82) is 0 Å². The van der Waals surface area contributed by atoms with Crippen LogP contribution in [0.25, 0.3) is 0 Å². The van der Waals surface area contributed by atoms with E-state index in [4.69, 9.17) is 4.74 Å². The Kier molecular flexibility index (Phi) is 5.84. The Morgan fingerprint density at radius 3 is 2.64 bits per heavy atom. The number of methoxy groups -OCH3 is 1. The van der Waals surface area contributed by atoms with Gasteiger partial charge < -0.3 is 14.7 Å². The molecule has 1 aliphatic carbocycles. The van der Waals surface area contributed by atoms with Crippen molar-refractivity contribution in [3.8, 4) is 0 Å². The summed E-state index contributed by atoms with van der Waals surface area (Å²) >= 11 is 0. The van der Waals surface area contributed by atoms with Crippen LogP contribution in [0.2, 0.25) is 0 Å². The van der Waals surface area contributed by atoms with E-state index in [0.717, 1.165) is 45.1 Å². The molecule has 0 aromatic rings. The Bertz CT molecular complexity index is 403. The van der Waals surface area contributed by atoms with Crippen LogP contribution in [0.4, 0.5) is 0 Å². The fraction of sp³-hybridized carbons (Fsp3) is 0.882. The summed E-state index contributed by atoms with van der Waals surface area (Å²) in [6.07, 6.45) is 6.87. The molecule has 0 aromatic carbocycles. The lowest BCUT2D eigenvalue weighted by atomic mass is 9.80. The van der Waals surface area contributed by atoms with Crippen LogP contribution in [0.1, 0.15) is 58.3 Å². The molecule has 5 nitrogen and oxygen atoms in total. The molecule has 3 atom stereocenters. The zero-order valence-electron chi connectivity index (χ0n) is 13.8. The Morgan fingerprint density at radius 1 is 1.27 bits per heavy atom. The highest BCUT2D eigenvalue weighted by Gasteiger charge is 2.45. The van der Waals surface area contributed by atoms with Crippen molar-refractivity contribution in [3.63, 3.8) is 0 Å². The number of hydrogen-bond donors (Lipinski definition) is 1. The number of aliphatic carboxylic acids is 1. The number of carbonyl (C=O) groups is 2. The predicted octanol–water partition coefficient (Wildman–Crippen LogP) is 2.69. The van der Waals surface area contributed by atoms with E-state index in [1.54, 1.807) is 7.11 Å². The number of rotatable bonds is 6. The Balaban J connectivity index is 2.11. The van der Waals surface area contributed by atoms with Gasteiger partial charge in [0.25, 0.3) is 0 Å². The molecule has 1 amide bonds. The minimum Gasteiger partial charge on any atom is -0.481 e. The summed E-state index contributed by atoms with van der Waals surface area (Å²) in [5.41, 5.74) is -0.170. The topological polar surface area (TPSA) is 66.8 Å². The molecule has 0 aromatic heterocycles. The number of carbonyl (C=O) groups excluding carboxylic acids is 1. The van der Waals surface area contributed by atoms with E-state index in [9.17, 15) is 14.7 Å². The molecule has 0 bridgehead atoms. The lowest BCUT2D eigenvalue weighted by molar-refractivity contribution is -0.148. The van der Waals surface area contributed by atoms with Gasteiger partial charge in [0.05, 0.1) is 18.1 Å².